The van der Waals surface area contributed by atoms with E-state index >= 15 is 0 Å². The second-order valence-electron chi connectivity index (χ2n) is 1.16. The first-order valence-electron chi connectivity index (χ1n) is 2.34. The normalized spacial score (nSPS) is 7.80. The maximum atomic E-state index is 9.45. The number of hydrogen-bond donors (Lipinski definition) is 0. The Hall–Kier alpha value is -0.120. The molecular weight excluding hydrogens is 193 g/mol. The first-order chi connectivity index (χ1) is 4.77. The van der Waals surface area contributed by atoms with E-state index in [0.29, 0.717) is 0 Å². The largest absolute Gasteiger partial charge is 0.280 e. The minimum absolute atomic E-state index is 0.0957. The van der Waals surface area contributed by atoms with Crippen LogP contribution < -0.4 is 0 Å². The van der Waals surface area contributed by atoms with Crippen molar-refractivity contribution in [3.63, 3.8) is 0 Å². The van der Waals surface area contributed by atoms with Crippen molar-refractivity contribution in [2.75, 3.05) is 5.88 Å². The molecule has 2 nitrogen and oxygen atoms in total. The Labute approximate surface area is 72.8 Å². The summed E-state index contributed by atoms with van der Waals surface area (Å²) in [5.41, 5.74) is 1.79. The molecule has 0 amide bonds. The van der Waals surface area contributed by atoms with Crippen molar-refractivity contribution in [1.29, 1.82) is 0 Å². The minimum Gasteiger partial charge on any atom is -0.280 e. The number of halogens is 2. The van der Waals surface area contributed by atoms with E-state index in [9.17, 15) is 4.79 Å². The van der Waals surface area contributed by atoms with E-state index in [0.717, 1.165) is 0 Å². The molecule has 0 bridgehead atoms. The molecule has 0 saturated heterocycles. The van der Waals surface area contributed by atoms with E-state index in [1.807, 2.05) is 5.38 Å². The van der Waals surface area contributed by atoms with E-state index in [2.05, 4.69) is 4.98 Å². The quantitative estimate of drug-likeness (QED) is 0.511. The van der Waals surface area contributed by atoms with Crippen LogP contribution in [0.1, 0.15) is 0 Å². The molecule has 10 heavy (non-hydrogen) atoms. The average Bonchev–Trinajstić information content (AvgIpc) is 2.43. The Morgan fingerprint density at radius 1 is 1.70 bits per heavy atom. The summed E-state index contributed by atoms with van der Waals surface area (Å²) in [5.74, 6) is -0.0957. The number of alkyl halides is 1. The maximum absolute atomic E-state index is 9.45. The lowest BCUT2D eigenvalue weighted by molar-refractivity contribution is -0.109. The Bertz CT molecular complexity index is 149. The number of hydrogen-bond acceptors (Lipinski definition) is 3. The lowest BCUT2D eigenvalue weighted by Gasteiger charge is -1.65. The van der Waals surface area contributed by atoms with Crippen LogP contribution in [-0.2, 0) is 4.79 Å². The fourth-order valence-electron chi connectivity index (χ4n) is 0.176. The Morgan fingerprint density at radius 2 is 2.30 bits per heavy atom. The van der Waals surface area contributed by atoms with Gasteiger partial charge in [-0.1, -0.05) is 0 Å². The Morgan fingerprint density at radius 3 is 2.40 bits per heavy atom. The van der Waals surface area contributed by atoms with Gasteiger partial charge >= 0.3 is 0 Å². The molecule has 1 aromatic rings. The van der Waals surface area contributed by atoms with Crippen LogP contribution >= 0.6 is 34.5 Å². The SMILES string of the molecule is O=C(Cl)CCl.c1cscn1. The molecular formula is C5H5Cl2NOS. The van der Waals surface area contributed by atoms with Crippen LogP contribution in [0.3, 0.4) is 0 Å². The summed E-state index contributed by atoms with van der Waals surface area (Å²) in [6, 6.07) is 0. The van der Waals surface area contributed by atoms with Gasteiger partial charge in [-0.05, 0) is 11.6 Å². The van der Waals surface area contributed by atoms with Crippen LogP contribution in [0.25, 0.3) is 0 Å². The predicted molar refractivity (Wildman–Crippen MR) is 43.7 cm³/mol. The average molecular weight is 198 g/mol. The third-order valence-electron chi connectivity index (χ3n) is 0.452. The first-order valence-corrected chi connectivity index (χ1v) is 4.19. The highest BCUT2D eigenvalue weighted by Crippen LogP contribution is 1.85. The number of carbonyl (C=O) groups excluding carboxylic acids is 1. The lowest BCUT2D eigenvalue weighted by Crippen LogP contribution is -1.81. The van der Waals surface area contributed by atoms with E-state index < -0.39 is 5.24 Å². The molecule has 0 aliphatic rings. The molecule has 1 heterocycles. The van der Waals surface area contributed by atoms with Gasteiger partial charge in [0.05, 0.1) is 11.4 Å². The van der Waals surface area contributed by atoms with Crippen molar-refractivity contribution in [2.24, 2.45) is 0 Å². The van der Waals surface area contributed by atoms with Gasteiger partial charge in [0.2, 0.25) is 5.24 Å². The number of carbonyl (C=O) groups is 1. The zero-order chi connectivity index (χ0) is 7.82. The van der Waals surface area contributed by atoms with Gasteiger partial charge in [0, 0.05) is 11.6 Å². The summed E-state index contributed by atoms with van der Waals surface area (Å²) >= 11 is 11.1. The van der Waals surface area contributed by atoms with Gasteiger partial charge in [-0.15, -0.1) is 22.9 Å². The van der Waals surface area contributed by atoms with Crippen molar-refractivity contribution in [2.45, 2.75) is 0 Å². The molecule has 0 N–H and O–H groups in total. The summed E-state index contributed by atoms with van der Waals surface area (Å²) < 4.78 is 0. The summed E-state index contributed by atoms with van der Waals surface area (Å²) in [7, 11) is 0. The minimum atomic E-state index is -0.508. The van der Waals surface area contributed by atoms with Gasteiger partial charge in [-0.2, -0.15) is 0 Å². The van der Waals surface area contributed by atoms with Gasteiger partial charge in [0.1, 0.15) is 0 Å². The number of thiazole rings is 1. The van der Waals surface area contributed by atoms with Crippen LogP contribution in [-0.4, -0.2) is 16.1 Å². The summed E-state index contributed by atoms with van der Waals surface area (Å²) in [5, 5.41) is 1.42. The van der Waals surface area contributed by atoms with Gasteiger partial charge in [-0.3, -0.25) is 9.78 Å². The standard InChI is InChI=1S/C3H3NS.C2H2Cl2O/c1-2-5-3-4-1;3-1-2(4)5/h1-3H;1H2. The van der Waals surface area contributed by atoms with Gasteiger partial charge in [0.15, 0.2) is 0 Å². The number of aromatic nitrogens is 1. The molecule has 0 saturated carbocycles. The third kappa shape index (κ3) is 7.88. The van der Waals surface area contributed by atoms with Crippen LogP contribution in [0.15, 0.2) is 17.1 Å². The summed E-state index contributed by atoms with van der Waals surface area (Å²) in [4.78, 5) is 13.2. The van der Waals surface area contributed by atoms with Crippen LogP contribution in [0.2, 0.25) is 0 Å². The van der Waals surface area contributed by atoms with Crippen molar-refractivity contribution >= 4 is 39.8 Å². The van der Waals surface area contributed by atoms with E-state index in [1.165, 1.54) is 0 Å². The summed E-state index contributed by atoms with van der Waals surface area (Å²) in [6.45, 7) is 0. The highest BCUT2D eigenvalue weighted by molar-refractivity contribution is 7.07. The molecule has 1 aromatic heterocycles. The molecule has 0 unspecified atom stereocenters. The van der Waals surface area contributed by atoms with Crippen molar-refractivity contribution < 1.29 is 4.79 Å². The Balaban J connectivity index is 0.000000162. The highest BCUT2D eigenvalue weighted by Gasteiger charge is 1.83. The van der Waals surface area contributed by atoms with E-state index in [-0.39, 0.29) is 5.88 Å². The zero-order valence-electron chi connectivity index (χ0n) is 4.96. The number of rotatable bonds is 1. The molecule has 0 spiro atoms. The van der Waals surface area contributed by atoms with Crippen molar-refractivity contribution in [3.05, 3.63) is 17.1 Å². The smallest absolute Gasteiger partial charge is 0.236 e. The van der Waals surface area contributed by atoms with Crippen molar-refractivity contribution in [3.8, 4) is 0 Å². The van der Waals surface area contributed by atoms with E-state index in [1.54, 1.807) is 23.0 Å². The molecule has 0 aliphatic carbocycles. The monoisotopic (exact) mass is 197 g/mol. The number of nitrogens with zero attached hydrogens (tertiary/aromatic N) is 1. The topological polar surface area (TPSA) is 30.0 Å². The molecule has 0 atom stereocenters. The molecule has 56 valence electrons. The zero-order valence-corrected chi connectivity index (χ0v) is 7.29. The lowest BCUT2D eigenvalue weighted by atomic mass is 10.9. The molecule has 0 fully saturated rings. The van der Waals surface area contributed by atoms with Crippen LogP contribution in [0.5, 0.6) is 0 Å². The second-order valence-corrected chi connectivity index (χ2v) is 2.61. The van der Waals surface area contributed by atoms with Gasteiger partial charge < -0.3 is 0 Å². The molecule has 5 heteroatoms. The third-order valence-corrected chi connectivity index (χ3v) is 1.49. The van der Waals surface area contributed by atoms with Crippen molar-refractivity contribution in [1.82, 2.24) is 4.98 Å². The van der Waals surface area contributed by atoms with E-state index in [4.69, 9.17) is 23.2 Å². The van der Waals surface area contributed by atoms with Gasteiger partial charge in [-0.25, -0.2) is 0 Å². The van der Waals surface area contributed by atoms with Crippen LogP contribution in [0, 0.1) is 0 Å². The highest BCUT2D eigenvalue weighted by atomic mass is 35.5. The molecule has 0 aliphatic heterocycles. The Kier molecular flexibility index (Phi) is 6.91. The first kappa shape index (κ1) is 9.88. The summed E-state index contributed by atoms with van der Waals surface area (Å²) in [6.07, 6.45) is 1.77. The molecule has 0 radical (unpaired) electrons. The predicted octanol–water partition coefficient (Wildman–Crippen LogP) is 2.13. The van der Waals surface area contributed by atoms with Gasteiger partial charge in [0.25, 0.3) is 0 Å². The second kappa shape index (κ2) is 6.99. The van der Waals surface area contributed by atoms with Crippen LogP contribution in [0.4, 0.5) is 0 Å². The fourth-order valence-corrected chi connectivity index (χ4v) is 0.527. The molecule has 1 rings (SSSR count). The fraction of sp³-hybridized carbons (Fsp3) is 0.200. The maximum Gasteiger partial charge on any atom is 0.236 e. The molecule has 0 aromatic carbocycles.